The van der Waals surface area contributed by atoms with Gasteiger partial charge in [-0.05, 0) is 53.9 Å². The van der Waals surface area contributed by atoms with Crippen LogP contribution < -0.4 is 0 Å². The lowest BCUT2D eigenvalue weighted by Gasteiger charge is -2.39. The van der Waals surface area contributed by atoms with Crippen molar-refractivity contribution in [1.82, 2.24) is 0 Å². The summed E-state index contributed by atoms with van der Waals surface area (Å²) in [5, 5.41) is 13.0. The average molecular weight is 447 g/mol. The number of para-hydroxylation sites is 1. The summed E-state index contributed by atoms with van der Waals surface area (Å²) in [4.78, 5) is 0. The summed E-state index contributed by atoms with van der Waals surface area (Å²) in [5.41, 5.74) is 4.87. The molecule has 0 fully saturated rings. The zero-order valence-corrected chi connectivity index (χ0v) is 21.0. The quantitative estimate of drug-likeness (QED) is 0.306. The maximum absolute atomic E-state index is 10.9. The summed E-state index contributed by atoms with van der Waals surface area (Å²) in [6, 6.07) is 22.6. The van der Waals surface area contributed by atoms with Crippen molar-refractivity contribution in [2.24, 2.45) is 0 Å². The largest absolute Gasteiger partial charge is 0.456 e. The molecule has 3 aromatic carbocycles. The highest BCUT2D eigenvalue weighted by molar-refractivity contribution is 6.74. The van der Waals surface area contributed by atoms with Crippen LogP contribution >= 0.6 is 0 Å². The second-order valence-electron chi connectivity index (χ2n) is 10.3. The summed E-state index contributed by atoms with van der Waals surface area (Å²) in [6.45, 7) is 13.2. The van der Waals surface area contributed by atoms with E-state index < -0.39 is 14.4 Å². The zero-order chi connectivity index (χ0) is 23.1. The molecule has 3 nitrogen and oxygen atoms in total. The Morgan fingerprint density at radius 1 is 0.906 bits per heavy atom. The van der Waals surface area contributed by atoms with Gasteiger partial charge in [-0.15, -0.1) is 0 Å². The molecule has 0 aliphatic rings. The standard InChI is InChI=1S/C28H34O3Si/c1-19(29)26-21(16-17-24-27(26)22-14-10-11-15-23(22)30-24)18-25(20-12-8-7-9-13-20)31-32(5,6)28(2,3)4/h7-17,19,25,29H,18H2,1-6H3. The van der Waals surface area contributed by atoms with Gasteiger partial charge in [-0.25, -0.2) is 0 Å². The Morgan fingerprint density at radius 3 is 2.22 bits per heavy atom. The van der Waals surface area contributed by atoms with Crippen LogP contribution in [0.4, 0.5) is 0 Å². The first kappa shape index (κ1) is 22.8. The fraction of sp³-hybridized carbons (Fsp3) is 0.357. The Balaban J connectivity index is 1.84. The van der Waals surface area contributed by atoms with Crippen molar-refractivity contribution in [3.05, 3.63) is 83.4 Å². The third kappa shape index (κ3) is 4.27. The third-order valence-corrected chi connectivity index (χ3v) is 11.4. The molecule has 0 bridgehead atoms. The first-order chi connectivity index (χ1) is 15.1. The van der Waals surface area contributed by atoms with Crippen molar-refractivity contribution in [3.8, 4) is 0 Å². The van der Waals surface area contributed by atoms with Crippen molar-refractivity contribution < 1.29 is 13.9 Å². The minimum Gasteiger partial charge on any atom is -0.456 e. The molecular weight excluding hydrogens is 412 g/mol. The smallest absolute Gasteiger partial charge is 0.192 e. The number of aliphatic hydroxyl groups is 1. The van der Waals surface area contributed by atoms with Gasteiger partial charge < -0.3 is 13.9 Å². The topological polar surface area (TPSA) is 42.6 Å². The molecule has 1 N–H and O–H groups in total. The van der Waals surface area contributed by atoms with E-state index in [1.165, 1.54) is 5.56 Å². The summed E-state index contributed by atoms with van der Waals surface area (Å²) in [5.74, 6) is 0. The predicted molar refractivity (Wildman–Crippen MR) is 136 cm³/mol. The molecule has 32 heavy (non-hydrogen) atoms. The lowest BCUT2D eigenvalue weighted by Crippen LogP contribution is -2.42. The fourth-order valence-electron chi connectivity index (χ4n) is 4.17. The van der Waals surface area contributed by atoms with E-state index in [0.717, 1.165) is 33.1 Å². The van der Waals surface area contributed by atoms with Crippen LogP contribution in [0.1, 0.15) is 56.6 Å². The lowest BCUT2D eigenvalue weighted by molar-refractivity contribution is 0.178. The number of furan rings is 1. The van der Waals surface area contributed by atoms with Crippen molar-refractivity contribution in [2.45, 2.75) is 64.5 Å². The molecule has 0 saturated heterocycles. The Bertz CT molecular complexity index is 1220. The molecule has 1 heterocycles. The molecule has 1 aromatic heterocycles. The molecule has 0 saturated carbocycles. The molecule has 0 radical (unpaired) electrons. The predicted octanol–water partition coefficient (Wildman–Crippen LogP) is 7.94. The Hall–Kier alpha value is -2.40. The molecule has 0 spiro atoms. The van der Waals surface area contributed by atoms with Crippen molar-refractivity contribution in [2.75, 3.05) is 0 Å². The van der Waals surface area contributed by atoms with Gasteiger partial charge in [-0.3, -0.25) is 0 Å². The maximum atomic E-state index is 10.9. The van der Waals surface area contributed by atoms with Gasteiger partial charge in [0.1, 0.15) is 11.2 Å². The number of hydrogen-bond acceptors (Lipinski definition) is 3. The van der Waals surface area contributed by atoms with E-state index in [0.29, 0.717) is 6.42 Å². The van der Waals surface area contributed by atoms with Crippen LogP contribution in [-0.4, -0.2) is 13.4 Å². The number of aliphatic hydroxyl groups excluding tert-OH is 1. The SMILES string of the molecule is CC(O)c1c(CC(O[Si](C)(C)C(C)(C)C)c2ccccc2)ccc2oc3ccccc3c12. The Kier molecular flexibility index (Phi) is 6.06. The highest BCUT2D eigenvalue weighted by Crippen LogP contribution is 2.42. The van der Waals surface area contributed by atoms with Gasteiger partial charge >= 0.3 is 0 Å². The molecular formula is C28H34O3Si. The van der Waals surface area contributed by atoms with E-state index in [9.17, 15) is 5.11 Å². The van der Waals surface area contributed by atoms with E-state index in [1.54, 1.807) is 0 Å². The fourth-order valence-corrected chi connectivity index (χ4v) is 5.45. The van der Waals surface area contributed by atoms with Gasteiger partial charge in [-0.2, -0.15) is 0 Å². The molecule has 0 aliphatic heterocycles. The summed E-state index contributed by atoms with van der Waals surface area (Å²) in [6.07, 6.45) is 0.0101. The molecule has 0 amide bonds. The highest BCUT2D eigenvalue weighted by atomic mass is 28.4. The average Bonchev–Trinajstić information content (AvgIpc) is 3.11. The van der Waals surface area contributed by atoms with E-state index in [-0.39, 0.29) is 11.1 Å². The monoisotopic (exact) mass is 446 g/mol. The van der Waals surface area contributed by atoms with Gasteiger partial charge in [0.15, 0.2) is 8.32 Å². The van der Waals surface area contributed by atoms with Crippen LogP contribution in [-0.2, 0) is 10.8 Å². The zero-order valence-electron chi connectivity index (χ0n) is 20.0. The minimum atomic E-state index is -2.01. The molecule has 4 rings (SSSR count). The highest BCUT2D eigenvalue weighted by Gasteiger charge is 2.39. The molecule has 0 aliphatic carbocycles. The van der Waals surface area contributed by atoms with E-state index in [1.807, 2.05) is 37.3 Å². The van der Waals surface area contributed by atoms with Gasteiger partial charge in [-0.1, -0.05) is 75.4 Å². The third-order valence-electron chi connectivity index (χ3n) is 6.91. The van der Waals surface area contributed by atoms with Crippen LogP contribution in [0.25, 0.3) is 21.9 Å². The van der Waals surface area contributed by atoms with Crippen LogP contribution in [0.2, 0.25) is 18.1 Å². The molecule has 4 heteroatoms. The normalized spacial score (nSPS) is 14.7. The van der Waals surface area contributed by atoms with Crippen molar-refractivity contribution in [1.29, 1.82) is 0 Å². The van der Waals surface area contributed by atoms with E-state index in [2.05, 4.69) is 70.3 Å². The van der Waals surface area contributed by atoms with E-state index in [4.69, 9.17) is 8.84 Å². The Labute approximate surface area is 192 Å². The number of benzene rings is 3. The minimum absolute atomic E-state index is 0.0785. The second kappa shape index (κ2) is 8.51. The van der Waals surface area contributed by atoms with E-state index >= 15 is 0 Å². The first-order valence-corrected chi connectivity index (χ1v) is 14.3. The molecule has 2 atom stereocenters. The summed E-state index contributed by atoms with van der Waals surface area (Å²) >= 11 is 0. The Morgan fingerprint density at radius 2 is 1.56 bits per heavy atom. The number of fused-ring (bicyclic) bond motifs is 3. The van der Waals surface area contributed by atoms with Gasteiger partial charge in [0.2, 0.25) is 0 Å². The number of rotatable bonds is 6. The molecule has 168 valence electrons. The van der Waals surface area contributed by atoms with Gasteiger partial charge in [0, 0.05) is 17.2 Å². The molecule has 4 aromatic rings. The van der Waals surface area contributed by atoms with Crippen LogP contribution in [0.3, 0.4) is 0 Å². The maximum Gasteiger partial charge on any atom is 0.192 e. The van der Waals surface area contributed by atoms with Crippen LogP contribution in [0, 0.1) is 0 Å². The lowest BCUT2D eigenvalue weighted by atomic mass is 9.92. The van der Waals surface area contributed by atoms with Crippen molar-refractivity contribution in [3.63, 3.8) is 0 Å². The van der Waals surface area contributed by atoms with Crippen molar-refractivity contribution >= 4 is 30.3 Å². The van der Waals surface area contributed by atoms with Crippen LogP contribution in [0.5, 0.6) is 0 Å². The first-order valence-electron chi connectivity index (χ1n) is 11.4. The molecule has 2 unspecified atom stereocenters. The summed E-state index contributed by atoms with van der Waals surface area (Å²) in [7, 11) is -2.01. The summed E-state index contributed by atoms with van der Waals surface area (Å²) < 4.78 is 13.0. The van der Waals surface area contributed by atoms with Gasteiger partial charge in [0.05, 0.1) is 12.2 Å². The second-order valence-corrected chi connectivity index (χ2v) is 15.0. The van der Waals surface area contributed by atoms with Gasteiger partial charge in [0.25, 0.3) is 0 Å². The van der Waals surface area contributed by atoms with Crippen LogP contribution in [0.15, 0.2) is 71.1 Å². The number of hydrogen-bond donors (Lipinski definition) is 1.